The highest BCUT2D eigenvalue weighted by molar-refractivity contribution is 6.30. The van der Waals surface area contributed by atoms with E-state index in [1.54, 1.807) is 34.9 Å². The van der Waals surface area contributed by atoms with Crippen LogP contribution in [-0.4, -0.2) is 20.4 Å². The Bertz CT molecular complexity index is 1270. The Morgan fingerprint density at radius 2 is 1.86 bits per heavy atom. The third kappa shape index (κ3) is 2.98. The van der Waals surface area contributed by atoms with Crippen LogP contribution in [0.25, 0.3) is 22.2 Å². The van der Waals surface area contributed by atoms with Gasteiger partial charge in [0.1, 0.15) is 23.0 Å². The number of benzene rings is 2. The molecule has 0 aliphatic heterocycles. The number of hydrogen-bond acceptors (Lipinski definition) is 4. The summed E-state index contributed by atoms with van der Waals surface area (Å²) in [5.74, 6) is -0.0153. The van der Waals surface area contributed by atoms with Gasteiger partial charge in [0.25, 0.3) is 5.91 Å². The highest BCUT2D eigenvalue weighted by Gasteiger charge is 2.22. The number of amides is 1. The summed E-state index contributed by atoms with van der Waals surface area (Å²) in [6.07, 6.45) is 1.68. The van der Waals surface area contributed by atoms with E-state index in [9.17, 15) is 10.1 Å². The molecule has 136 valence electrons. The monoisotopic (exact) mass is 387 g/mol. The van der Waals surface area contributed by atoms with Gasteiger partial charge in [-0.2, -0.15) is 5.26 Å². The van der Waals surface area contributed by atoms with Gasteiger partial charge in [0.15, 0.2) is 5.65 Å². The molecule has 0 atom stereocenters. The van der Waals surface area contributed by atoms with Crippen LogP contribution in [0.15, 0.2) is 61.2 Å². The van der Waals surface area contributed by atoms with Gasteiger partial charge < -0.3 is 9.88 Å². The van der Waals surface area contributed by atoms with Crippen molar-refractivity contribution in [3.05, 3.63) is 77.3 Å². The first-order chi connectivity index (χ1) is 13.6. The number of fused-ring (bicyclic) bond motifs is 2. The minimum Gasteiger partial charge on any atom is -0.307 e. The van der Waals surface area contributed by atoms with Gasteiger partial charge in [-0.25, -0.2) is 9.97 Å². The van der Waals surface area contributed by atoms with E-state index >= 15 is 0 Å². The molecular formula is C21H14ClN5O. The smallest absolute Gasteiger partial charge is 0.256 e. The summed E-state index contributed by atoms with van der Waals surface area (Å²) in [4.78, 5) is 22.0. The van der Waals surface area contributed by atoms with Crippen LogP contribution in [0.4, 0.5) is 5.82 Å². The van der Waals surface area contributed by atoms with Crippen molar-refractivity contribution in [1.29, 1.82) is 5.26 Å². The molecule has 0 saturated heterocycles. The predicted octanol–water partition coefficient (Wildman–Crippen LogP) is 4.55. The predicted molar refractivity (Wildman–Crippen MR) is 109 cm³/mol. The first-order valence-electron chi connectivity index (χ1n) is 8.49. The van der Waals surface area contributed by atoms with Crippen LogP contribution in [-0.2, 0) is 6.54 Å². The maximum atomic E-state index is 12.7. The molecule has 4 rings (SSSR count). The number of nitrogens with zero attached hydrogens (tertiary/aromatic N) is 4. The molecule has 0 unspecified atom stereocenters. The SMILES string of the molecule is C=CCn1c(NC(=O)c2ccc(Cl)cc2)c(C#N)c2nc3ccccc3nc21. The zero-order chi connectivity index (χ0) is 19.7. The van der Waals surface area contributed by atoms with Crippen LogP contribution in [0.5, 0.6) is 0 Å². The van der Waals surface area contributed by atoms with Gasteiger partial charge in [-0.3, -0.25) is 4.79 Å². The number of allylic oxidation sites excluding steroid dienone is 1. The summed E-state index contributed by atoms with van der Waals surface area (Å²) >= 11 is 5.89. The third-order valence-electron chi connectivity index (χ3n) is 4.31. The molecule has 0 spiro atoms. The maximum Gasteiger partial charge on any atom is 0.256 e. The zero-order valence-corrected chi connectivity index (χ0v) is 15.4. The quantitative estimate of drug-likeness (QED) is 0.521. The van der Waals surface area contributed by atoms with E-state index in [0.29, 0.717) is 45.1 Å². The Morgan fingerprint density at radius 1 is 1.18 bits per heavy atom. The fraction of sp³-hybridized carbons (Fsp3) is 0.0476. The van der Waals surface area contributed by atoms with E-state index in [2.05, 4.69) is 27.9 Å². The molecule has 0 aliphatic carbocycles. The largest absolute Gasteiger partial charge is 0.307 e. The van der Waals surface area contributed by atoms with Crippen LogP contribution >= 0.6 is 11.6 Å². The Labute approximate surface area is 165 Å². The molecular weight excluding hydrogens is 374 g/mol. The Balaban J connectivity index is 1.90. The molecule has 0 radical (unpaired) electrons. The number of rotatable bonds is 4. The van der Waals surface area contributed by atoms with Crippen molar-refractivity contribution in [2.75, 3.05) is 5.32 Å². The second-order valence-electron chi connectivity index (χ2n) is 6.08. The average Bonchev–Trinajstić information content (AvgIpc) is 2.98. The summed E-state index contributed by atoms with van der Waals surface area (Å²) in [7, 11) is 0. The topological polar surface area (TPSA) is 83.6 Å². The van der Waals surface area contributed by atoms with E-state index < -0.39 is 0 Å². The van der Waals surface area contributed by atoms with E-state index in [1.807, 2.05) is 24.3 Å². The minimum atomic E-state index is -0.356. The third-order valence-corrected chi connectivity index (χ3v) is 4.57. The molecule has 4 aromatic rings. The molecule has 0 saturated carbocycles. The van der Waals surface area contributed by atoms with Gasteiger partial charge in [-0.1, -0.05) is 29.8 Å². The summed E-state index contributed by atoms with van der Waals surface area (Å²) < 4.78 is 1.73. The lowest BCUT2D eigenvalue weighted by molar-refractivity contribution is 0.102. The van der Waals surface area contributed by atoms with Gasteiger partial charge in [0.05, 0.1) is 11.0 Å². The van der Waals surface area contributed by atoms with Crippen LogP contribution in [0.1, 0.15) is 15.9 Å². The standard InChI is InChI=1S/C21H14ClN5O/c1-2-11-27-19(26-21(28)13-7-9-14(22)10-8-13)15(12-23)18-20(27)25-17-6-4-3-5-16(17)24-18/h2-10H,1,11H2,(H,26,28). The van der Waals surface area contributed by atoms with Crippen LogP contribution in [0.2, 0.25) is 5.02 Å². The van der Waals surface area contributed by atoms with Crippen LogP contribution in [0.3, 0.4) is 0 Å². The van der Waals surface area contributed by atoms with Crippen LogP contribution in [0, 0.1) is 11.3 Å². The summed E-state index contributed by atoms with van der Waals surface area (Å²) in [6, 6.07) is 16.1. The fourth-order valence-electron chi connectivity index (χ4n) is 3.02. The number of hydrogen-bond donors (Lipinski definition) is 1. The summed E-state index contributed by atoms with van der Waals surface area (Å²) in [6.45, 7) is 4.13. The molecule has 6 nitrogen and oxygen atoms in total. The van der Waals surface area contributed by atoms with E-state index in [1.165, 1.54) is 0 Å². The van der Waals surface area contributed by atoms with Gasteiger partial charge in [0.2, 0.25) is 0 Å². The number of carbonyl (C=O) groups is 1. The zero-order valence-electron chi connectivity index (χ0n) is 14.7. The second kappa shape index (κ2) is 7.14. The molecule has 2 aromatic carbocycles. The number of nitrogens with one attached hydrogen (secondary N) is 1. The van der Waals surface area contributed by atoms with Crippen molar-refractivity contribution in [3.63, 3.8) is 0 Å². The number of para-hydroxylation sites is 2. The highest BCUT2D eigenvalue weighted by atomic mass is 35.5. The minimum absolute atomic E-state index is 0.261. The normalized spacial score (nSPS) is 10.7. The van der Waals surface area contributed by atoms with Crippen molar-refractivity contribution >= 4 is 45.5 Å². The maximum absolute atomic E-state index is 12.7. The Hall–Kier alpha value is -3.69. The Kier molecular flexibility index (Phi) is 4.52. The van der Waals surface area contributed by atoms with E-state index in [0.717, 1.165) is 0 Å². The van der Waals surface area contributed by atoms with Crippen molar-refractivity contribution < 1.29 is 4.79 Å². The van der Waals surface area contributed by atoms with Gasteiger partial charge >= 0.3 is 0 Å². The molecule has 0 aliphatic rings. The summed E-state index contributed by atoms with van der Waals surface area (Å²) in [5, 5.41) is 13.1. The molecule has 1 N–H and O–H groups in total. The number of anilines is 1. The molecule has 28 heavy (non-hydrogen) atoms. The average molecular weight is 388 g/mol. The molecule has 2 heterocycles. The fourth-order valence-corrected chi connectivity index (χ4v) is 3.15. The van der Waals surface area contributed by atoms with Crippen molar-refractivity contribution in [3.8, 4) is 6.07 Å². The molecule has 0 fully saturated rings. The van der Waals surface area contributed by atoms with Gasteiger partial charge in [-0.05, 0) is 36.4 Å². The Morgan fingerprint density at radius 3 is 2.50 bits per heavy atom. The lowest BCUT2D eigenvalue weighted by Crippen LogP contribution is -2.16. The highest BCUT2D eigenvalue weighted by Crippen LogP contribution is 2.29. The van der Waals surface area contributed by atoms with Crippen molar-refractivity contribution in [2.45, 2.75) is 6.54 Å². The molecule has 7 heteroatoms. The van der Waals surface area contributed by atoms with Gasteiger partial charge in [-0.15, -0.1) is 6.58 Å². The van der Waals surface area contributed by atoms with Crippen molar-refractivity contribution in [1.82, 2.24) is 14.5 Å². The van der Waals surface area contributed by atoms with Crippen molar-refractivity contribution in [2.24, 2.45) is 0 Å². The number of carbonyl (C=O) groups excluding carboxylic acids is 1. The van der Waals surface area contributed by atoms with E-state index in [4.69, 9.17) is 11.6 Å². The number of halogens is 1. The molecule has 1 amide bonds. The number of aromatic nitrogens is 3. The number of nitriles is 1. The molecule has 2 aromatic heterocycles. The van der Waals surface area contributed by atoms with Crippen LogP contribution < -0.4 is 5.32 Å². The first-order valence-corrected chi connectivity index (χ1v) is 8.87. The van der Waals surface area contributed by atoms with E-state index in [-0.39, 0.29) is 11.5 Å². The summed E-state index contributed by atoms with van der Waals surface area (Å²) in [5.41, 5.74) is 3.03. The first kappa shape index (κ1) is 17.7. The van der Waals surface area contributed by atoms with Gasteiger partial charge in [0, 0.05) is 17.1 Å². The lowest BCUT2D eigenvalue weighted by Gasteiger charge is -2.10. The lowest BCUT2D eigenvalue weighted by atomic mass is 10.2. The second-order valence-corrected chi connectivity index (χ2v) is 6.52. The molecule has 0 bridgehead atoms.